The number of aliphatic carboxylic acids is 1. The molecule has 0 aliphatic heterocycles. The van der Waals surface area contributed by atoms with E-state index in [2.05, 4.69) is 5.32 Å². The Morgan fingerprint density at radius 2 is 2.11 bits per heavy atom. The van der Waals surface area contributed by atoms with Gasteiger partial charge < -0.3 is 16.2 Å². The summed E-state index contributed by atoms with van der Waals surface area (Å²) in [6, 6.07) is 2.29. The number of carbonyl (C=O) groups is 3. The fourth-order valence-corrected chi connectivity index (χ4v) is 3.52. The number of amides is 2. The van der Waals surface area contributed by atoms with E-state index in [9.17, 15) is 14.4 Å². The summed E-state index contributed by atoms with van der Waals surface area (Å²) < 4.78 is 1.94. The summed E-state index contributed by atoms with van der Waals surface area (Å²) in [6.07, 6.45) is -0.430. The van der Waals surface area contributed by atoms with E-state index < -0.39 is 30.2 Å². The zero-order valence-electron chi connectivity index (χ0n) is 9.58. The molecule has 0 aromatic carbocycles. The highest BCUT2D eigenvalue weighted by Crippen LogP contribution is 2.29. The standard InChI is InChI=1S/C11H10N2O4S2/c12-9(14)3-5(11(16)17)13-10(15)8-4-7-6(19-8)1-2-18-7/h1-2,4-5H,3H2,(H2,12,14)(H,13,15)(H,16,17)/t5-/m0/s1. The minimum atomic E-state index is -1.30. The molecule has 2 aromatic heterocycles. The molecule has 0 fully saturated rings. The van der Waals surface area contributed by atoms with Crippen LogP contribution in [0.4, 0.5) is 0 Å². The Labute approximate surface area is 115 Å². The SMILES string of the molecule is NC(=O)C[C@H](NC(=O)c1cc2sccc2s1)C(=O)O. The van der Waals surface area contributed by atoms with E-state index in [4.69, 9.17) is 10.8 Å². The van der Waals surface area contributed by atoms with Crippen LogP contribution in [0.3, 0.4) is 0 Å². The molecular weight excluding hydrogens is 288 g/mol. The molecule has 0 saturated heterocycles. The lowest BCUT2D eigenvalue weighted by atomic mass is 10.2. The summed E-state index contributed by atoms with van der Waals surface area (Å²) >= 11 is 2.78. The van der Waals surface area contributed by atoms with Crippen molar-refractivity contribution >= 4 is 49.9 Å². The molecule has 6 nitrogen and oxygen atoms in total. The van der Waals surface area contributed by atoms with E-state index in [1.165, 1.54) is 22.7 Å². The van der Waals surface area contributed by atoms with Crippen LogP contribution in [0.1, 0.15) is 16.1 Å². The number of hydrogen-bond acceptors (Lipinski definition) is 5. The first-order valence-corrected chi connectivity index (χ1v) is 6.96. The molecule has 100 valence electrons. The molecule has 0 aliphatic rings. The lowest BCUT2D eigenvalue weighted by molar-refractivity contribution is -0.140. The van der Waals surface area contributed by atoms with Crippen molar-refractivity contribution in [3.8, 4) is 0 Å². The van der Waals surface area contributed by atoms with Crippen molar-refractivity contribution in [3.63, 3.8) is 0 Å². The maximum absolute atomic E-state index is 11.9. The Bertz CT molecular complexity index is 617. The van der Waals surface area contributed by atoms with E-state index in [-0.39, 0.29) is 0 Å². The molecule has 4 N–H and O–H groups in total. The Morgan fingerprint density at radius 3 is 2.68 bits per heavy atom. The molecule has 2 aromatic rings. The Kier molecular flexibility index (Phi) is 3.82. The van der Waals surface area contributed by atoms with Gasteiger partial charge in [0.2, 0.25) is 5.91 Å². The number of carboxylic acids is 1. The number of rotatable bonds is 5. The third kappa shape index (κ3) is 3.09. The van der Waals surface area contributed by atoms with Gasteiger partial charge in [0.25, 0.3) is 5.91 Å². The number of carboxylic acid groups (broad SMARTS) is 1. The van der Waals surface area contributed by atoms with E-state index in [0.717, 1.165) is 9.40 Å². The number of nitrogens with two attached hydrogens (primary N) is 1. The van der Waals surface area contributed by atoms with Gasteiger partial charge in [-0.15, -0.1) is 22.7 Å². The molecule has 0 bridgehead atoms. The molecule has 2 amide bonds. The monoisotopic (exact) mass is 298 g/mol. The smallest absolute Gasteiger partial charge is 0.326 e. The maximum atomic E-state index is 11.9. The molecule has 1 atom stereocenters. The number of hydrogen-bond donors (Lipinski definition) is 3. The van der Waals surface area contributed by atoms with Crippen LogP contribution < -0.4 is 11.1 Å². The molecular formula is C11H10N2O4S2. The molecule has 2 rings (SSSR count). The fraction of sp³-hybridized carbons (Fsp3) is 0.182. The maximum Gasteiger partial charge on any atom is 0.326 e. The summed E-state index contributed by atoms with van der Waals surface area (Å²) in [6.45, 7) is 0. The van der Waals surface area contributed by atoms with Crippen molar-refractivity contribution in [1.82, 2.24) is 5.32 Å². The number of carbonyl (C=O) groups excluding carboxylic acids is 2. The van der Waals surface area contributed by atoms with Gasteiger partial charge in [0.15, 0.2) is 0 Å². The van der Waals surface area contributed by atoms with Gasteiger partial charge in [-0.25, -0.2) is 4.79 Å². The van der Waals surface area contributed by atoms with Gasteiger partial charge in [0.1, 0.15) is 6.04 Å². The fourth-order valence-electron chi connectivity index (χ4n) is 1.51. The van der Waals surface area contributed by atoms with Crippen molar-refractivity contribution in [1.29, 1.82) is 0 Å². The average Bonchev–Trinajstić information content (AvgIpc) is 2.86. The van der Waals surface area contributed by atoms with Crippen LogP contribution in [-0.4, -0.2) is 28.9 Å². The minimum Gasteiger partial charge on any atom is -0.480 e. The highest BCUT2D eigenvalue weighted by atomic mass is 32.1. The Morgan fingerprint density at radius 1 is 1.37 bits per heavy atom. The van der Waals surface area contributed by atoms with Crippen LogP contribution in [-0.2, 0) is 9.59 Å². The van der Waals surface area contributed by atoms with Gasteiger partial charge in [0, 0.05) is 9.40 Å². The van der Waals surface area contributed by atoms with E-state index in [1.807, 2.05) is 11.4 Å². The molecule has 2 heterocycles. The molecule has 0 unspecified atom stereocenters. The highest BCUT2D eigenvalue weighted by molar-refractivity contribution is 7.27. The van der Waals surface area contributed by atoms with Crippen LogP contribution >= 0.6 is 22.7 Å². The highest BCUT2D eigenvalue weighted by Gasteiger charge is 2.23. The van der Waals surface area contributed by atoms with Gasteiger partial charge in [-0.3, -0.25) is 9.59 Å². The van der Waals surface area contributed by atoms with Crippen LogP contribution in [0, 0.1) is 0 Å². The van der Waals surface area contributed by atoms with Crippen LogP contribution in [0.25, 0.3) is 9.40 Å². The van der Waals surface area contributed by atoms with Gasteiger partial charge in [-0.1, -0.05) is 0 Å². The molecule has 0 spiro atoms. The zero-order chi connectivity index (χ0) is 14.0. The third-order valence-electron chi connectivity index (χ3n) is 2.37. The van der Waals surface area contributed by atoms with Crippen molar-refractivity contribution in [2.45, 2.75) is 12.5 Å². The number of fused-ring (bicyclic) bond motifs is 1. The van der Waals surface area contributed by atoms with Gasteiger partial charge in [-0.05, 0) is 17.5 Å². The second kappa shape index (κ2) is 5.37. The quantitative estimate of drug-likeness (QED) is 0.765. The first kappa shape index (κ1) is 13.5. The Hall–Kier alpha value is -1.93. The van der Waals surface area contributed by atoms with Crippen LogP contribution in [0.15, 0.2) is 17.5 Å². The lowest BCUT2D eigenvalue weighted by Gasteiger charge is -2.11. The largest absolute Gasteiger partial charge is 0.480 e. The van der Waals surface area contributed by atoms with Crippen molar-refractivity contribution < 1.29 is 19.5 Å². The molecule has 8 heteroatoms. The predicted octanol–water partition coefficient (Wildman–Crippen LogP) is 1.02. The summed E-state index contributed by atoms with van der Waals surface area (Å²) in [5.41, 5.74) is 4.94. The van der Waals surface area contributed by atoms with Gasteiger partial charge in [0.05, 0.1) is 11.3 Å². The van der Waals surface area contributed by atoms with Crippen molar-refractivity contribution in [3.05, 3.63) is 22.4 Å². The van der Waals surface area contributed by atoms with E-state index in [1.54, 1.807) is 6.07 Å². The third-order valence-corrected chi connectivity index (χ3v) is 4.46. The molecule has 0 saturated carbocycles. The minimum absolute atomic E-state index is 0.414. The van der Waals surface area contributed by atoms with Gasteiger partial charge in [-0.2, -0.15) is 0 Å². The molecule has 0 radical (unpaired) electrons. The van der Waals surface area contributed by atoms with E-state index >= 15 is 0 Å². The number of thiophene rings is 2. The first-order chi connectivity index (χ1) is 8.97. The van der Waals surface area contributed by atoms with Crippen LogP contribution in [0.2, 0.25) is 0 Å². The Balaban J connectivity index is 2.12. The summed E-state index contributed by atoms with van der Waals surface area (Å²) in [5.74, 6) is -2.58. The summed E-state index contributed by atoms with van der Waals surface area (Å²) in [4.78, 5) is 34.0. The van der Waals surface area contributed by atoms with Gasteiger partial charge >= 0.3 is 5.97 Å². The zero-order valence-corrected chi connectivity index (χ0v) is 11.2. The summed E-state index contributed by atoms with van der Waals surface area (Å²) in [7, 11) is 0. The predicted molar refractivity (Wildman–Crippen MR) is 72.4 cm³/mol. The number of nitrogens with one attached hydrogen (secondary N) is 1. The first-order valence-electron chi connectivity index (χ1n) is 5.26. The second-order valence-corrected chi connectivity index (χ2v) is 5.83. The normalized spacial score (nSPS) is 12.2. The summed E-state index contributed by atoms with van der Waals surface area (Å²) in [5, 5.41) is 13.1. The lowest BCUT2D eigenvalue weighted by Crippen LogP contribution is -2.43. The van der Waals surface area contributed by atoms with Crippen molar-refractivity contribution in [2.24, 2.45) is 5.73 Å². The molecule has 19 heavy (non-hydrogen) atoms. The average molecular weight is 298 g/mol. The van der Waals surface area contributed by atoms with Crippen molar-refractivity contribution in [2.75, 3.05) is 0 Å². The molecule has 0 aliphatic carbocycles. The number of primary amides is 1. The second-order valence-electron chi connectivity index (χ2n) is 3.79. The topological polar surface area (TPSA) is 109 Å². The van der Waals surface area contributed by atoms with E-state index in [0.29, 0.717) is 4.88 Å². The van der Waals surface area contributed by atoms with Crippen LogP contribution in [0.5, 0.6) is 0 Å².